The molecule has 1 atom stereocenters. The number of carbonyl (C=O) groups excluding carboxylic acids is 1. The van der Waals surface area contributed by atoms with E-state index in [1.165, 1.54) is 23.9 Å². The first-order valence-electron chi connectivity index (χ1n) is 6.63. The average molecular weight is 272 g/mol. The van der Waals surface area contributed by atoms with Crippen LogP contribution < -0.4 is 5.32 Å². The van der Waals surface area contributed by atoms with E-state index in [-0.39, 0.29) is 5.56 Å². The topological polar surface area (TPSA) is 42.0 Å². The fraction of sp³-hybridized carbons (Fsp3) is 0.250. The third-order valence-corrected chi connectivity index (χ3v) is 3.35. The zero-order valence-corrected chi connectivity index (χ0v) is 11.6. The van der Waals surface area contributed by atoms with E-state index in [2.05, 4.69) is 24.1 Å². The van der Waals surface area contributed by atoms with Crippen molar-refractivity contribution in [3.63, 3.8) is 0 Å². The minimum atomic E-state index is -0.763. The molecule has 0 aliphatic carbocycles. The Morgan fingerprint density at radius 2 is 2.00 bits per heavy atom. The van der Waals surface area contributed by atoms with Gasteiger partial charge in [-0.1, -0.05) is 26.0 Å². The molecule has 2 aromatic rings. The van der Waals surface area contributed by atoms with E-state index in [9.17, 15) is 9.18 Å². The normalized spacial score (nSPS) is 11.9. The van der Waals surface area contributed by atoms with Crippen molar-refractivity contribution in [2.75, 3.05) is 5.32 Å². The van der Waals surface area contributed by atoms with Gasteiger partial charge in [-0.25, -0.2) is 4.98 Å². The highest BCUT2D eigenvalue weighted by Crippen LogP contribution is 2.20. The Bertz CT molecular complexity index is 596. The second-order valence-electron chi connectivity index (χ2n) is 4.73. The molecule has 3 nitrogen and oxygen atoms in total. The van der Waals surface area contributed by atoms with Gasteiger partial charge in [-0.3, -0.25) is 4.79 Å². The van der Waals surface area contributed by atoms with Crippen LogP contribution >= 0.6 is 0 Å². The number of pyridine rings is 1. The molecule has 1 N–H and O–H groups in total. The first-order valence-corrected chi connectivity index (χ1v) is 6.63. The number of hydrogen-bond acceptors (Lipinski definition) is 2. The molecular weight excluding hydrogens is 255 g/mol. The van der Waals surface area contributed by atoms with Crippen LogP contribution in [0.2, 0.25) is 0 Å². The van der Waals surface area contributed by atoms with Crippen molar-refractivity contribution in [2.45, 2.75) is 26.2 Å². The molecule has 0 fully saturated rings. The number of rotatable bonds is 4. The van der Waals surface area contributed by atoms with Gasteiger partial charge in [0.25, 0.3) is 5.91 Å². The highest BCUT2D eigenvalue weighted by atomic mass is 19.1. The van der Waals surface area contributed by atoms with Gasteiger partial charge in [0.2, 0.25) is 5.95 Å². The maximum Gasteiger partial charge on any atom is 0.260 e. The lowest BCUT2D eigenvalue weighted by molar-refractivity contribution is 0.102. The number of carbonyl (C=O) groups is 1. The first-order chi connectivity index (χ1) is 9.61. The molecule has 1 amide bonds. The number of hydrogen-bond donors (Lipinski definition) is 1. The minimum Gasteiger partial charge on any atom is -0.322 e. The maximum absolute atomic E-state index is 13.4. The zero-order valence-electron chi connectivity index (χ0n) is 11.6. The van der Waals surface area contributed by atoms with Crippen LogP contribution in [-0.2, 0) is 0 Å². The molecule has 2 rings (SSSR count). The Hall–Kier alpha value is -2.23. The summed E-state index contributed by atoms with van der Waals surface area (Å²) >= 11 is 0. The smallest absolute Gasteiger partial charge is 0.260 e. The zero-order chi connectivity index (χ0) is 14.5. The molecule has 0 radical (unpaired) electrons. The maximum atomic E-state index is 13.4. The van der Waals surface area contributed by atoms with E-state index in [0.717, 1.165) is 6.42 Å². The summed E-state index contributed by atoms with van der Waals surface area (Å²) in [5, 5.41) is 2.66. The molecule has 1 aromatic carbocycles. The quantitative estimate of drug-likeness (QED) is 0.855. The highest BCUT2D eigenvalue weighted by molar-refractivity contribution is 6.04. The SMILES string of the molecule is CCC(C)c1ccc(NC(=O)c2cccnc2F)cc1. The second-order valence-corrected chi connectivity index (χ2v) is 4.73. The predicted octanol–water partition coefficient (Wildman–Crippen LogP) is 3.99. The Morgan fingerprint density at radius 3 is 2.60 bits per heavy atom. The van der Waals surface area contributed by atoms with Crippen LogP contribution in [0.4, 0.5) is 10.1 Å². The fourth-order valence-electron chi connectivity index (χ4n) is 1.88. The van der Waals surface area contributed by atoms with Crippen molar-refractivity contribution in [2.24, 2.45) is 0 Å². The molecule has 0 saturated heterocycles. The van der Waals surface area contributed by atoms with E-state index in [1.54, 1.807) is 0 Å². The molecule has 0 bridgehead atoms. The summed E-state index contributed by atoms with van der Waals surface area (Å²) in [6, 6.07) is 10.5. The van der Waals surface area contributed by atoms with E-state index < -0.39 is 11.9 Å². The molecule has 104 valence electrons. The Kier molecular flexibility index (Phi) is 4.45. The summed E-state index contributed by atoms with van der Waals surface area (Å²) in [6.45, 7) is 4.28. The van der Waals surface area contributed by atoms with Crippen molar-refractivity contribution >= 4 is 11.6 Å². The van der Waals surface area contributed by atoms with Crippen LogP contribution in [0.25, 0.3) is 0 Å². The molecule has 0 aliphatic heterocycles. The largest absolute Gasteiger partial charge is 0.322 e. The number of amides is 1. The van der Waals surface area contributed by atoms with Crippen LogP contribution in [-0.4, -0.2) is 10.9 Å². The fourth-order valence-corrected chi connectivity index (χ4v) is 1.88. The highest BCUT2D eigenvalue weighted by Gasteiger charge is 2.12. The van der Waals surface area contributed by atoms with Gasteiger partial charge in [0.15, 0.2) is 0 Å². The van der Waals surface area contributed by atoms with E-state index in [1.807, 2.05) is 24.3 Å². The Balaban J connectivity index is 2.11. The van der Waals surface area contributed by atoms with Gasteiger partial charge >= 0.3 is 0 Å². The molecule has 0 saturated carbocycles. The lowest BCUT2D eigenvalue weighted by Crippen LogP contribution is -2.14. The summed E-state index contributed by atoms with van der Waals surface area (Å²) in [6.07, 6.45) is 2.37. The summed E-state index contributed by atoms with van der Waals surface area (Å²) < 4.78 is 13.4. The van der Waals surface area contributed by atoms with Crippen molar-refractivity contribution in [3.8, 4) is 0 Å². The second kappa shape index (κ2) is 6.28. The van der Waals surface area contributed by atoms with E-state index in [0.29, 0.717) is 11.6 Å². The summed E-state index contributed by atoms with van der Waals surface area (Å²) in [4.78, 5) is 15.4. The third kappa shape index (κ3) is 3.20. The van der Waals surface area contributed by atoms with Gasteiger partial charge in [-0.05, 0) is 42.2 Å². The molecule has 1 heterocycles. The standard InChI is InChI=1S/C16H17FN2O/c1-3-11(2)12-6-8-13(9-7-12)19-16(20)14-5-4-10-18-15(14)17/h4-11H,3H2,1-2H3,(H,19,20). The molecule has 4 heteroatoms. The number of nitrogens with zero attached hydrogens (tertiary/aromatic N) is 1. The molecule has 0 spiro atoms. The van der Waals surface area contributed by atoms with Crippen LogP contribution in [0.3, 0.4) is 0 Å². The van der Waals surface area contributed by atoms with Crippen molar-refractivity contribution in [1.29, 1.82) is 0 Å². The van der Waals surface area contributed by atoms with Gasteiger partial charge in [0, 0.05) is 11.9 Å². The summed E-state index contributed by atoms with van der Waals surface area (Å²) in [7, 11) is 0. The van der Waals surface area contributed by atoms with Gasteiger partial charge in [0.05, 0.1) is 5.56 Å². The van der Waals surface area contributed by atoms with Crippen LogP contribution in [0.1, 0.15) is 42.1 Å². The number of nitrogens with one attached hydrogen (secondary N) is 1. The van der Waals surface area contributed by atoms with Crippen molar-refractivity contribution in [3.05, 3.63) is 59.7 Å². The van der Waals surface area contributed by atoms with Gasteiger partial charge in [-0.2, -0.15) is 4.39 Å². The minimum absolute atomic E-state index is 0.0569. The van der Waals surface area contributed by atoms with E-state index in [4.69, 9.17) is 0 Å². The molecule has 20 heavy (non-hydrogen) atoms. The average Bonchev–Trinajstić information content (AvgIpc) is 2.47. The van der Waals surface area contributed by atoms with Gasteiger partial charge in [0.1, 0.15) is 0 Å². The third-order valence-electron chi connectivity index (χ3n) is 3.35. The van der Waals surface area contributed by atoms with Crippen molar-refractivity contribution in [1.82, 2.24) is 4.98 Å². The number of halogens is 1. The van der Waals surface area contributed by atoms with Gasteiger partial charge < -0.3 is 5.32 Å². The summed E-state index contributed by atoms with van der Waals surface area (Å²) in [5.41, 5.74) is 1.81. The molecule has 0 aliphatic rings. The Labute approximate surface area is 117 Å². The molecular formula is C16H17FN2O. The van der Waals surface area contributed by atoms with Crippen LogP contribution in [0.15, 0.2) is 42.6 Å². The first kappa shape index (κ1) is 14.2. The Morgan fingerprint density at radius 1 is 1.30 bits per heavy atom. The lowest BCUT2D eigenvalue weighted by atomic mass is 9.98. The van der Waals surface area contributed by atoms with Crippen LogP contribution in [0, 0.1) is 5.95 Å². The van der Waals surface area contributed by atoms with Crippen molar-refractivity contribution < 1.29 is 9.18 Å². The molecule has 1 unspecified atom stereocenters. The monoisotopic (exact) mass is 272 g/mol. The number of aromatic nitrogens is 1. The van der Waals surface area contributed by atoms with E-state index >= 15 is 0 Å². The van der Waals surface area contributed by atoms with Gasteiger partial charge in [-0.15, -0.1) is 0 Å². The number of anilines is 1. The number of benzene rings is 1. The van der Waals surface area contributed by atoms with Crippen LogP contribution in [0.5, 0.6) is 0 Å². The predicted molar refractivity (Wildman–Crippen MR) is 77.3 cm³/mol. The lowest BCUT2D eigenvalue weighted by Gasteiger charge is -2.10. The molecule has 1 aromatic heterocycles. The summed E-state index contributed by atoms with van der Waals surface area (Å²) in [5.74, 6) is -0.774.